The molecule has 1 aliphatic carbocycles. The summed E-state index contributed by atoms with van der Waals surface area (Å²) in [4.78, 5) is 9.56. The Morgan fingerprint density at radius 1 is 1.00 bits per heavy atom. The number of hydrogen-bond acceptors (Lipinski definition) is 4. The molecule has 5 nitrogen and oxygen atoms in total. The van der Waals surface area contributed by atoms with Crippen molar-refractivity contribution < 1.29 is 0 Å². The molecule has 30 heavy (non-hydrogen) atoms. The number of piperidine rings is 1. The lowest BCUT2D eigenvalue weighted by molar-refractivity contribution is 0.208. The average molecular weight is 446 g/mol. The largest absolute Gasteiger partial charge is 0.378 e. The summed E-state index contributed by atoms with van der Waals surface area (Å²) in [7, 11) is 0. The number of nitrogens with two attached hydrogens (primary N) is 1. The number of anilines is 2. The first-order valence-corrected chi connectivity index (χ1v) is 12.9. The number of amidine groups is 1. The third kappa shape index (κ3) is 6.11. The average Bonchev–Trinajstić information content (AvgIpc) is 3.47. The Morgan fingerprint density at radius 2 is 1.67 bits per heavy atom. The van der Waals surface area contributed by atoms with E-state index < -0.39 is 0 Å². The van der Waals surface area contributed by atoms with Gasteiger partial charge < -0.3 is 20.9 Å². The van der Waals surface area contributed by atoms with Gasteiger partial charge in [-0.2, -0.15) is 4.99 Å². The zero-order valence-corrected chi connectivity index (χ0v) is 19.5. The fourth-order valence-corrected chi connectivity index (χ4v) is 6.19. The van der Waals surface area contributed by atoms with Gasteiger partial charge in [0.2, 0.25) is 0 Å². The highest BCUT2D eigenvalue weighted by atomic mass is 32.2. The standard InChI is InChI=1S/C23H35N5S2/c24-22(30-17-18-5-1-2-6-18)26-23(29)25-19-7-9-20(10-8-19)28-15-11-21(12-16-28)27-13-3-4-14-27/h7-10,18,21H,1-6,11-17H2,(H3,24,25,26,29). The van der Waals surface area contributed by atoms with Crippen LogP contribution in [0.25, 0.3) is 0 Å². The Kier molecular flexibility index (Phi) is 7.90. The van der Waals surface area contributed by atoms with E-state index in [1.54, 1.807) is 11.8 Å². The smallest absolute Gasteiger partial charge is 0.199 e. The summed E-state index contributed by atoms with van der Waals surface area (Å²) in [5, 5.41) is 4.20. The second-order valence-electron chi connectivity index (χ2n) is 8.85. The molecule has 0 aromatic heterocycles. The third-order valence-corrected chi connectivity index (χ3v) is 7.98. The summed E-state index contributed by atoms with van der Waals surface area (Å²) in [6.07, 6.45) is 10.7. The molecule has 3 aliphatic rings. The van der Waals surface area contributed by atoms with Crippen LogP contribution >= 0.6 is 24.0 Å². The molecule has 1 aromatic rings. The molecule has 0 amide bonds. The Labute approximate surface area is 190 Å². The first-order valence-electron chi connectivity index (χ1n) is 11.5. The SMILES string of the molecule is N/C(=N\C(=S)Nc1ccc(N2CCC(N3CCCC3)CC2)cc1)SCC1CCCC1. The summed E-state index contributed by atoms with van der Waals surface area (Å²) >= 11 is 7.01. The van der Waals surface area contributed by atoms with Gasteiger partial charge in [0.05, 0.1) is 0 Å². The second-order valence-corrected chi connectivity index (χ2v) is 10.3. The second kappa shape index (κ2) is 10.8. The minimum absolute atomic E-state index is 0.436. The Bertz CT molecular complexity index is 716. The highest BCUT2D eigenvalue weighted by Gasteiger charge is 2.26. The lowest BCUT2D eigenvalue weighted by atomic mass is 10.0. The summed E-state index contributed by atoms with van der Waals surface area (Å²) in [5.41, 5.74) is 8.32. The van der Waals surface area contributed by atoms with Gasteiger partial charge in [-0.1, -0.05) is 24.6 Å². The number of thioether (sulfide) groups is 1. The fraction of sp³-hybridized carbons (Fsp3) is 0.652. The van der Waals surface area contributed by atoms with Crippen LogP contribution in [-0.4, -0.2) is 53.2 Å². The molecule has 2 heterocycles. The minimum Gasteiger partial charge on any atom is -0.378 e. The number of nitrogens with one attached hydrogen (secondary N) is 1. The molecule has 0 radical (unpaired) electrons. The number of nitrogens with zero attached hydrogens (tertiary/aromatic N) is 3. The van der Waals surface area contributed by atoms with Gasteiger partial charge in [0.25, 0.3) is 0 Å². The molecule has 0 spiro atoms. The summed E-state index contributed by atoms with van der Waals surface area (Å²) in [6, 6.07) is 9.33. The van der Waals surface area contributed by atoms with Crippen molar-refractivity contribution in [3.05, 3.63) is 24.3 Å². The van der Waals surface area contributed by atoms with E-state index in [0.29, 0.717) is 10.3 Å². The van der Waals surface area contributed by atoms with Crippen molar-refractivity contribution in [2.45, 2.75) is 57.4 Å². The van der Waals surface area contributed by atoms with Gasteiger partial charge in [0, 0.05) is 36.3 Å². The lowest BCUT2D eigenvalue weighted by Gasteiger charge is -2.37. The maximum absolute atomic E-state index is 6.06. The Morgan fingerprint density at radius 3 is 2.33 bits per heavy atom. The molecule has 7 heteroatoms. The van der Waals surface area contributed by atoms with Crippen LogP contribution in [-0.2, 0) is 0 Å². The highest BCUT2D eigenvalue weighted by Crippen LogP contribution is 2.28. The van der Waals surface area contributed by atoms with Crippen LogP contribution in [0.15, 0.2) is 29.3 Å². The fourth-order valence-electron chi connectivity index (χ4n) is 5.02. The van der Waals surface area contributed by atoms with Crippen molar-refractivity contribution in [3.8, 4) is 0 Å². The molecule has 0 bridgehead atoms. The van der Waals surface area contributed by atoms with Crippen molar-refractivity contribution in [2.24, 2.45) is 16.6 Å². The Hall–Kier alpha value is -1.31. The molecular formula is C23H35N5S2. The molecule has 1 aromatic carbocycles. The number of thiocarbonyl (C=S) groups is 1. The first kappa shape index (κ1) is 21.9. The van der Waals surface area contributed by atoms with E-state index in [1.807, 2.05) is 0 Å². The quantitative estimate of drug-likeness (QED) is 0.390. The van der Waals surface area contributed by atoms with E-state index in [0.717, 1.165) is 36.5 Å². The van der Waals surface area contributed by atoms with Crippen LogP contribution in [0.2, 0.25) is 0 Å². The molecule has 0 atom stereocenters. The predicted octanol–water partition coefficient (Wildman–Crippen LogP) is 4.69. The zero-order chi connectivity index (χ0) is 20.8. The van der Waals surface area contributed by atoms with E-state index in [-0.39, 0.29) is 0 Å². The van der Waals surface area contributed by atoms with E-state index in [9.17, 15) is 0 Å². The van der Waals surface area contributed by atoms with E-state index in [2.05, 4.69) is 44.4 Å². The molecule has 164 valence electrons. The summed E-state index contributed by atoms with van der Waals surface area (Å²) < 4.78 is 0. The molecule has 2 saturated heterocycles. The van der Waals surface area contributed by atoms with Gasteiger partial charge in [-0.15, -0.1) is 0 Å². The maximum Gasteiger partial charge on any atom is 0.199 e. The summed E-state index contributed by atoms with van der Waals surface area (Å²) in [6.45, 7) is 4.89. The van der Waals surface area contributed by atoms with Gasteiger partial charge in [0.1, 0.15) is 0 Å². The van der Waals surface area contributed by atoms with Gasteiger partial charge in [0.15, 0.2) is 10.3 Å². The van der Waals surface area contributed by atoms with Crippen LogP contribution in [0.4, 0.5) is 11.4 Å². The molecule has 3 fully saturated rings. The van der Waals surface area contributed by atoms with Gasteiger partial charge in [-0.05, 0) is 94.0 Å². The topological polar surface area (TPSA) is 56.9 Å². The van der Waals surface area contributed by atoms with Crippen LogP contribution in [0, 0.1) is 5.92 Å². The number of aliphatic imine (C=N–C) groups is 1. The van der Waals surface area contributed by atoms with Crippen molar-refractivity contribution in [1.29, 1.82) is 0 Å². The molecule has 2 aliphatic heterocycles. The molecule has 1 saturated carbocycles. The highest BCUT2D eigenvalue weighted by molar-refractivity contribution is 8.13. The Balaban J connectivity index is 1.22. The minimum atomic E-state index is 0.436. The van der Waals surface area contributed by atoms with Crippen LogP contribution < -0.4 is 16.0 Å². The van der Waals surface area contributed by atoms with Gasteiger partial charge >= 0.3 is 0 Å². The maximum atomic E-state index is 6.06. The van der Waals surface area contributed by atoms with Crippen LogP contribution in [0.1, 0.15) is 51.4 Å². The van der Waals surface area contributed by atoms with E-state index >= 15 is 0 Å². The van der Waals surface area contributed by atoms with Crippen molar-refractivity contribution in [2.75, 3.05) is 42.1 Å². The predicted molar refractivity (Wildman–Crippen MR) is 135 cm³/mol. The van der Waals surface area contributed by atoms with E-state index in [4.69, 9.17) is 18.0 Å². The normalized spacial score (nSPS) is 22.0. The lowest BCUT2D eigenvalue weighted by Crippen LogP contribution is -2.43. The van der Waals surface area contributed by atoms with Crippen molar-refractivity contribution >= 4 is 45.6 Å². The number of likely N-dealkylation sites (tertiary alicyclic amines) is 1. The molecular weight excluding hydrogens is 410 g/mol. The molecule has 4 rings (SSSR count). The number of benzene rings is 1. The molecule has 3 N–H and O–H groups in total. The zero-order valence-electron chi connectivity index (χ0n) is 17.9. The number of hydrogen-bond donors (Lipinski definition) is 2. The monoisotopic (exact) mass is 445 g/mol. The van der Waals surface area contributed by atoms with Crippen molar-refractivity contribution in [1.82, 2.24) is 4.90 Å². The van der Waals surface area contributed by atoms with Gasteiger partial charge in [-0.3, -0.25) is 0 Å². The number of rotatable bonds is 5. The first-order chi connectivity index (χ1) is 14.7. The molecule has 0 unspecified atom stereocenters. The summed E-state index contributed by atoms with van der Waals surface area (Å²) in [5.74, 6) is 1.85. The van der Waals surface area contributed by atoms with E-state index in [1.165, 1.54) is 70.1 Å². The third-order valence-electron chi connectivity index (χ3n) is 6.76. The van der Waals surface area contributed by atoms with Crippen LogP contribution in [0.3, 0.4) is 0 Å². The van der Waals surface area contributed by atoms with Gasteiger partial charge in [-0.25, -0.2) is 0 Å². The van der Waals surface area contributed by atoms with Crippen molar-refractivity contribution in [3.63, 3.8) is 0 Å². The van der Waals surface area contributed by atoms with Crippen LogP contribution in [0.5, 0.6) is 0 Å².